The highest BCUT2D eigenvalue weighted by Gasteiger charge is 2.37. The number of ether oxygens (including phenoxy) is 3. The minimum absolute atomic E-state index is 0.212. The van der Waals surface area contributed by atoms with Crippen molar-refractivity contribution in [1.82, 2.24) is 5.32 Å². The first-order valence-electron chi connectivity index (χ1n) is 10.5. The number of urea groups is 1. The fourth-order valence-corrected chi connectivity index (χ4v) is 3.55. The van der Waals surface area contributed by atoms with Crippen molar-refractivity contribution in [1.29, 1.82) is 0 Å². The Balaban J connectivity index is 1.55. The van der Waals surface area contributed by atoms with E-state index in [1.54, 1.807) is 54.6 Å². The van der Waals surface area contributed by atoms with Gasteiger partial charge in [-0.3, -0.25) is 14.9 Å². The molecule has 1 fully saturated rings. The van der Waals surface area contributed by atoms with E-state index in [0.29, 0.717) is 34.4 Å². The number of hydrogen-bond acceptors (Lipinski definition) is 6. The van der Waals surface area contributed by atoms with E-state index in [0.717, 1.165) is 10.5 Å². The standard InChI is InChI=1S/C26H21ClN2O6/c1-33-21-10-5-17(23(14-21)34-2)13-22-24(30)28-26(32)29(25(22)31)19-8-11-20(12-9-19)35-15-16-3-6-18(27)7-4-16/h3-14H,15H2,1-2H3,(H,28,30,32)/b22-13+. The Morgan fingerprint density at radius 3 is 2.23 bits per heavy atom. The van der Waals surface area contributed by atoms with Gasteiger partial charge < -0.3 is 14.2 Å². The number of methoxy groups -OCH3 is 2. The summed E-state index contributed by atoms with van der Waals surface area (Å²) in [6.45, 7) is 0.324. The first-order valence-corrected chi connectivity index (χ1v) is 10.9. The molecule has 9 heteroatoms. The Hall–Kier alpha value is -4.30. The third-order valence-electron chi connectivity index (χ3n) is 5.26. The molecule has 178 valence electrons. The zero-order valence-corrected chi connectivity index (χ0v) is 19.7. The average Bonchev–Trinajstić information content (AvgIpc) is 2.87. The molecule has 4 rings (SSSR count). The normalized spacial score (nSPS) is 14.7. The fourth-order valence-electron chi connectivity index (χ4n) is 3.42. The van der Waals surface area contributed by atoms with Gasteiger partial charge in [0.25, 0.3) is 11.8 Å². The van der Waals surface area contributed by atoms with E-state index in [1.165, 1.54) is 20.3 Å². The van der Waals surface area contributed by atoms with Gasteiger partial charge in [0.1, 0.15) is 29.4 Å². The van der Waals surface area contributed by atoms with Gasteiger partial charge in [0.15, 0.2) is 0 Å². The molecule has 0 aliphatic carbocycles. The summed E-state index contributed by atoms with van der Waals surface area (Å²) < 4.78 is 16.3. The van der Waals surface area contributed by atoms with E-state index in [4.69, 9.17) is 25.8 Å². The van der Waals surface area contributed by atoms with Crippen LogP contribution in [0.2, 0.25) is 5.02 Å². The highest BCUT2D eigenvalue weighted by molar-refractivity contribution is 6.39. The number of nitrogens with zero attached hydrogens (tertiary/aromatic N) is 1. The molecule has 1 heterocycles. The molecule has 0 radical (unpaired) electrons. The lowest BCUT2D eigenvalue weighted by Crippen LogP contribution is -2.54. The van der Waals surface area contributed by atoms with Crippen LogP contribution in [0.15, 0.2) is 72.3 Å². The van der Waals surface area contributed by atoms with Crippen molar-refractivity contribution in [3.05, 3.63) is 88.5 Å². The van der Waals surface area contributed by atoms with Crippen LogP contribution in [0.5, 0.6) is 17.2 Å². The topological polar surface area (TPSA) is 94.2 Å². The van der Waals surface area contributed by atoms with Crippen LogP contribution in [0, 0.1) is 0 Å². The number of nitrogens with one attached hydrogen (secondary N) is 1. The molecule has 1 aliphatic heterocycles. The largest absolute Gasteiger partial charge is 0.497 e. The van der Waals surface area contributed by atoms with Gasteiger partial charge in [-0.1, -0.05) is 23.7 Å². The monoisotopic (exact) mass is 492 g/mol. The van der Waals surface area contributed by atoms with Crippen LogP contribution in [0.3, 0.4) is 0 Å². The SMILES string of the molecule is COc1ccc(/C=C2\C(=O)NC(=O)N(c3ccc(OCc4ccc(Cl)cc4)cc3)C2=O)c(OC)c1. The Labute approximate surface area is 206 Å². The molecule has 3 aromatic carbocycles. The molecular weight excluding hydrogens is 472 g/mol. The number of benzene rings is 3. The van der Waals surface area contributed by atoms with E-state index < -0.39 is 17.8 Å². The molecule has 0 spiro atoms. The Morgan fingerprint density at radius 1 is 0.886 bits per heavy atom. The second kappa shape index (κ2) is 10.3. The fraction of sp³-hybridized carbons (Fsp3) is 0.115. The number of hydrogen-bond donors (Lipinski definition) is 1. The van der Waals surface area contributed by atoms with Crippen molar-refractivity contribution in [2.75, 3.05) is 19.1 Å². The summed E-state index contributed by atoms with van der Waals surface area (Å²) in [5.74, 6) is -0.0476. The molecule has 4 amide bonds. The van der Waals surface area contributed by atoms with Crippen molar-refractivity contribution < 1.29 is 28.6 Å². The van der Waals surface area contributed by atoms with Gasteiger partial charge in [0.2, 0.25) is 0 Å². The first-order chi connectivity index (χ1) is 16.9. The lowest BCUT2D eigenvalue weighted by molar-refractivity contribution is -0.122. The number of rotatable bonds is 7. The molecule has 1 N–H and O–H groups in total. The van der Waals surface area contributed by atoms with Crippen molar-refractivity contribution in [2.24, 2.45) is 0 Å². The second-order valence-corrected chi connectivity index (χ2v) is 7.91. The third kappa shape index (κ3) is 5.28. The van der Waals surface area contributed by atoms with E-state index in [2.05, 4.69) is 5.32 Å². The Morgan fingerprint density at radius 2 is 1.57 bits per heavy atom. The van der Waals surface area contributed by atoms with Crippen molar-refractivity contribution in [3.63, 3.8) is 0 Å². The van der Waals surface area contributed by atoms with Crippen LogP contribution in [0.1, 0.15) is 11.1 Å². The molecule has 0 saturated carbocycles. The first kappa shape index (κ1) is 23.8. The molecule has 8 nitrogen and oxygen atoms in total. The van der Waals surface area contributed by atoms with Crippen LogP contribution in [0.25, 0.3) is 6.08 Å². The molecule has 0 bridgehead atoms. The number of barbiturate groups is 1. The summed E-state index contributed by atoms with van der Waals surface area (Å²) in [6.07, 6.45) is 1.37. The summed E-state index contributed by atoms with van der Waals surface area (Å²) in [5.41, 5.74) is 1.49. The van der Waals surface area contributed by atoms with E-state index in [-0.39, 0.29) is 11.3 Å². The maximum Gasteiger partial charge on any atom is 0.335 e. The van der Waals surface area contributed by atoms with E-state index in [9.17, 15) is 14.4 Å². The number of anilines is 1. The zero-order chi connectivity index (χ0) is 24.9. The lowest BCUT2D eigenvalue weighted by atomic mass is 10.1. The molecule has 3 aromatic rings. The molecular formula is C26H21ClN2O6. The van der Waals surface area contributed by atoms with E-state index >= 15 is 0 Å². The molecule has 0 unspecified atom stereocenters. The predicted octanol–water partition coefficient (Wildman–Crippen LogP) is 4.60. The third-order valence-corrected chi connectivity index (χ3v) is 5.51. The summed E-state index contributed by atoms with van der Waals surface area (Å²) in [4.78, 5) is 39.0. The number of halogens is 1. The van der Waals surface area contributed by atoms with Crippen LogP contribution < -0.4 is 24.4 Å². The second-order valence-electron chi connectivity index (χ2n) is 7.47. The minimum atomic E-state index is -0.839. The van der Waals surface area contributed by atoms with Crippen molar-refractivity contribution >= 4 is 41.2 Å². The highest BCUT2D eigenvalue weighted by Crippen LogP contribution is 2.29. The maximum atomic E-state index is 13.2. The lowest BCUT2D eigenvalue weighted by Gasteiger charge is -2.26. The van der Waals surface area contributed by atoms with Crippen LogP contribution >= 0.6 is 11.6 Å². The maximum absolute atomic E-state index is 13.2. The van der Waals surface area contributed by atoms with Crippen molar-refractivity contribution in [3.8, 4) is 17.2 Å². The van der Waals surface area contributed by atoms with Gasteiger partial charge in [-0.05, 0) is 60.2 Å². The molecule has 35 heavy (non-hydrogen) atoms. The summed E-state index contributed by atoms with van der Waals surface area (Å²) in [7, 11) is 2.98. The Bertz CT molecular complexity index is 1300. The smallest absolute Gasteiger partial charge is 0.335 e. The van der Waals surface area contributed by atoms with E-state index in [1.807, 2.05) is 12.1 Å². The van der Waals surface area contributed by atoms with Crippen LogP contribution in [-0.4, -0.2) is 32.1 Å². The van der Waals surface area contributed by atoms with Crippen LogP contribution in [0.4, 0.5) is 10.5 Å². The summed E-state index contributed by atoms with van der Waals surface area (Å²) >= 11 is 5.89. The van der Waals surface area contributed by atoms with Gasteiger partial charge in [-0.15, -0.1) is 0 Å². The van der Waals surface area contributed by atoms with Gasteiger partial charge in [-0.25, -0.2) is 9.69 Å². The highest BCUT2D eigenvalue weighted by atomic mass is 35.5. The number of imide groups is 2. The number of amides is 4. The van der Waals surface area contributed by atoms with Gasteiger partial charge in [-0.2, -0.15) is 0 Å². The van der Waals surface area contributed by atoms with Crippen LogP contribution in [-0.2, 0) is 16.2 Å². The summed E-state index contributed by atoms with van der Waals surface area (Å²) in [6, 6.07) is 17.8. The number of carbonyl (C=O) groups is 3. The minimum Gasteiger partial charge on any atom is -0.497 e. The van der Waals surface area contributed by atoms with Gasteiger partial charge in [0.05, 0.1) is 19.9 Å². The van der Waals surface area contributed by atoms with Gasteiger partial charge in [0, 0.05) is 16.7 Å². The average molecular weight is 493 g/mol. The van der Waals surface area contributed by atoms with Gasteiger partial charge >= 0.3 is 6.03 Å². The molecule has 0 aromatic heterocycles. The summed E-state index contributed by atoms with van der Waals surface area (Å²) in [5, 5.41) is 2.84. The molecule has 1 saturated heterocycles. The Kier molecular flexibility index (Phi) is 7.03. The zero-order valence-electron chi connectivity index (χ0n) is 18.9. The molecule has 1 aliphatic rings. The molecule has 0 atom stereocenters. The van der Waals surface area contributed by atoms with Crippen molar-refractivity contribution in [2.45, 2.75) is 6.61 Å². The quantitative estimate of drug-likeness (QED) is 0.382. The number of carbonyl (C=O) groups excluding carboxylic acids is 3. The predicted molar refractivity (Wildman–Crippen MR) is 131 cm³/mol.